The van der Waals surface area contributed by atoms with Crippen molar-refractivity contribution in [2.75, 3.05) is 14.7 Å². The van der Waals surface area contributed by atoms with Crippen molar-refractivity contribution in [3.8, 4) is 22.3 Å². The van der Waals surface area contributed by atoms with Crippen LogP contribution in [0, 0.1) is 13.8 Å². The van der Waals surface area contributed by atoms with Gasteiger partial charge in [-0.2, -0.15) is 0 Å². The van der Waals surface area contributed by atoms with Crippen LogP contribution in [0.15, 0.2) is 140 Å². The third kappa shape index (κ3) is 5.44. The van der Waals surface area contributed by atoms with E-state index in [-0.39, 0.29) is 34.0 Å². The number of nitrogens with zero attached hydrogens (tertiary/aromatic N) is 3. The highest BCUT2D eigenvalue weighted by molar-refractivity contribution is 7.00. The minimum atomic E-state index is -0.0943. The molecule has 2 aliphatic carbocycles. The minimum absolute atomic E-state index is 0.0144. The molecule has 340 valence electrons. The van der Waals surface area contributed by atoms with Crippen LogP contribution in [0.4, 0.5) is 39.8 Å². The first-order valence-electron chi connectivity index (χ1n) is 25.9. The van der Waals surface area contributed by atoms with Crippen LogP contribution in [0.5, 0.6) is 0 Å². The maximum absolute atomic E-state index is 2.96. The summed E-state index contributed by atoms with van der Waals surface area (Å²) in [7, 11) is 0. The van der Waals surface area contributed by atoms with Gasteiger partial charge >= 0.3 is 0 Å². The van der Waals surface area contributed by atoms with Crippen LogP contribution in [-0.4, -0.2) is 17.8 Å². The molecular weight excluding hydrogens is 822 g/mol. The van der Waals surface area contributed by atoms with Gasteiger partial charge in [0.1, 0.15) is 0 Å². The highest BCUT2D eigenvalue weighted by atomic mass is 15.3. The molecule has 13 rings (SSSR count). The summed E-state index contributed by atoms with van der Waals surface area (Å²) in [5.74, 6) is 0. The average Bonchev–Trinajstić information content (AvgIpc) is 3.69. The number of fused-ring (bicyclic) bond motifs is 10. The third-order valence-corrected chi connectivity index (χ3v) is 19.1. The van der Waals surface area contributed by atoms with E-state index < -0.39 is 0 Å². The molecule has 4 atom stereocenters. The molecule has 6 aliphatic rings. The largest absolute Gasteiger partial charge is 0.335 e. The van der Waals surface area contributed by atoms with Crippen molar-refractivity contribution in [1.29, 1.82) is 0 Å². The summed E-state index contributed by atoms with van der Waals surface area (Å²) in [5.41, 5.74) is 26.2. The van der Waals surface area contributed by atoms with Gasteiger partial charge in [0.05, 0.1) is 11.1 Å². The van der Waals surface area contributed by atoms with Crippen LogP contribution in [0.2, 0.25) is 0 Å². The van der Waals surface area contributed by atoms with Crippen molar-refractivity contribution in [3.05, 3.63) is 167 Å². The second-order valence-electron chi connectivity index (χ2n) is 23.6. The average molecular weight is 888 g/mol. The zero-order chi connectivity index (χ0) is 46.7. The highest BCUT2D eigenvalue weighted by Crippen LogP contribution is 2.65. The van der Waals surface area contributed by atoms with E-state index in [1.54, 1.807) is 5.56 Å². The fourth-order valence-corrected chi connectivity index (χ4v) is 15.3. The number of rotatable bonds is 4. The van der Waals surface area contributed by atoms with Gasteiger partial charge in [-0.1, -0.05) is 169 Å². The molecule has 4 heteroatoms. The standard InChI is InChI=1S/C64H66BN3/c1-41-36-42(2)57-59-56(41)62(7)33-17-19-35-64(62,9)68(59)55-40-49(67-52-31-27-47(60(3,4)5)38-50(52)61(6)32-16-18-34-63(61,67)8)39-54-58(55)65(57)51-37-46(44-22-14-11-15-23-44)26-30-53(51)66(54)48-28-24-45(25-29-48)43-20-12-10-13-21-43/h10-15,20-31,36-40H,16-19,32-35H2,1-9H3. The lowest BCUT2D eigenvalue weighted by Crippen LogP contribution is -2.65. The summed E-state index contributed by atoms with van der Waals surface area (Å²) in [6, 6.07) is 54.2. The molecule has 4 heterocycles. The molecule has 7 aromatic carbocycles. The van der Waals surface area contributed by atoms with E-state index in [0.29, 0.717) is 0 Å². The maximum Gasteiger partial charge on any atom is 0.252 e. The summed E-state index contributed by atoms with van der Waals surface area (Å²) in [6.07, 6.45) is 9.81. The van der Waals surface area contributed by atoms with E-state index in [1.165, 1.54) is 152 Å². The monoisotopic (exact) mass is 888 g/mol. The van der Waals surface area contributed by atoms with Gasteiger partial charge in [0, 0.05) is 50.6 Å². The number of hydrogen-bond acceptors (Lipinski definition) is 3. The normalized spacial score (nSPS) is 25.1. The van der Waals surface area contributed by atoms with Crippen molar-refractivity contribution >= 4 is 62.9 Å². The van der Waals surface area contributed by atoms with Crippen molar-refractivity contribution in [3.63, 3.8) is 0 Å². The van der Waals surface area contributed by atoms with Gasteiger partial charge in [0.25, 0.3) is 6.71 Å². The molecule has 68 heavy (non-hydrogen) atoms. The third-order valence-electron chi connectivity index (χ3n) is 19.1. The van der Waals surface area contributed by atoms with Crippen LogP contribution in [0.25, 0.3) is 22.3 Å². The van der Waals surface area contributed by atoms with Gasteiger partial charge in [-0.3, -0.25) is 0 Å². The first kappa shape index (κ1) is 42.1. The van der Waals surface area contributed by atoms with Gasteiger partial charge in [0.2, 0.25) is 0 Å². The summed E-state index contributed by atoms with van der Waals surface area (Å²) >= 11 is 0. The molecule has 0 aromatic heterocycles. The fourth-order valence-electron chi connectivity index (χ4n) is 15.3. The Morgan fingerprint density at radius 1 is 0.471 bits per heavy atom. The molecule has 0 N–H and O–H groups in total. The van der Waals surface area contributed by atoms with E-state index >= 15 is 0 Å². The van der Waals surface area contributed by atoms with Gasteiger partial charge in [-0.25, -0.2) is 0 Å². The van der Waals surface area contributed by atoms with E-state index in [1.807, 2.05) is 0 Å². The Hall–Kier alpha value is -6.00. The molecule has 2 fully saturated rings. The molecule has 0 bridgehead atoms. The molecule has 0 radical (unpaired) electrons. The second kappa shape index (κ2) is 14.3. The first-order chi connectivity index (χ1) is 32.7. The number of anilines is 7. The van der Waals surface area contributed by atoms with E-state index in [0.717, 1.165) is 0 Å². The van der Waals surface area contributed by atoms with Gasteiger partial charge < -0.3 is 14.7 Å². The lowest BCUT2D eigenvalue weighted by molar-refractivity contribution is 0.193. The molecule has 0 spiro atoms. The van der Waals surface area contributed by atoms with Crippen molar-refractivity contribution in [1.82, 2.24) is 0 Å². The van der Waals surface area contributed by atoms with Gasteiger partial charge in [0.15, 0.2) is 0 Å². The van der Waals surface area contributed by atoms with Crippen LogP contribution >= 0.6 is 0 Å². The van der Waals surface area contributed by atoms with E-state index in [9.17, 15) is 0 Å². The Bertz CT molecular complexity index is 3220. The molecular formula is C64H66BN3. The number of hydrogen-bond donors (Lipinski definition) is 0. The van der Waals surface area contributed by atoms with E-state index in [4.69, 9.17) is 0 Å². The minimum Gasteiger partial charge on any atom is -0.335 e. The Balaban J connectivity index is 1.14. The smallest absolute Gasteiger partial charge is 0.252 e. The molecule has 4 unspecified atom stereocenters. The molecule has 4 aliphatic heterocycles. The molecule has 7 aromatic rings. The Kier molecular flexibility index (Phi) is 8.85. The SMILES string of the molecule is Cc1cc(C)c2c3c1B1c4cc(-c5ccccc5)ccc4N(c4ccc(-c5ccccc5)cc4)c4cc(N5c6ccc(C(C)(C)C)cc6C6(C)CCCCC56C)cc(c41)N3C1(C)CCCCC21C. The predicted molar refractivity (Wildman–Crippen MR) is 290 cm³/mol. The zero-order valence-electron chi connectivity index (χ0n) is 41.9. The summed E-state index contributed by atoms with van der Waals surface area (Å²) in [4.78, 5) is 8.48. The Morgan fingerprint density at radius 3 is 1.72 bits per heavy atom. The Labute approximate surface area is 406 Å². The molecule has 0 saturated heterocycles. The zero-order valence-corrected chi connectivity index (χ0v) is 41.9. The lowest BCUT2D eigenvalue weighted by Gasteiger charge is -2.54. The van der Waals surface area contributed by atoms with Crippen molar-refractivity contribution in [2.45, 2.75) is 141 Å². The summed E-state index contributed by atoms with van der Waals surface area (Å²) in [5, 5.41) is 0. The second-order valence-corrected chi connectivity index (χ2v) is 23.6. The number of benzene rings is 7. The summed E-state index contributed by atoms with van der Waals surface area (Å²) in [6.45, 7) is 22.6. The van der Waals surface area contributed by atoms with Gasteiger partial charge in [-0.15, -0.1) is 0 Å². The van der Waals surface area contributed by atoms with Crippen LogP contribution in [0.3, 0.4) is 0 Å². The quantitative estimate of drug-likeness (QED) is 0.163. The van der Waals surface area contributed by atoms with Crippen molar-refractivity contribution in [2.24, 2.45) is 0 Å². The van der Waals surface area contributed by atoms with Crippen LogP contribution in [0.1, 0.15) is 128 Å². The van der Waals surface area contributed by atoms with Gasteiger partial charge in [-0.05, 0) is 156 Å². The predicted octanol–water partition coefficient (Wildman–Crippen LogP) is 15.0. The first-order valence-corrected chi connectivity index (χ1v) is 25.9. The fraction of sp³-hybridized carbons (Fsp3) is 0.344. The van der Waals surface area contributed by atoms with Crippen molar-refractivity contribution < 1.29 is 0 Å². The number of aryl methyl sites for hydroxylation is 2. The molecule has 2 saturated carbocycles. The molecule has 0 amide bonds. The summed E-state index contributed by atoms with van der Waals surface area (Å²) < 4.78 is 0. The Morgan fingerprint density at radius 2 is 1.04 bits per heavy atom. The van der Waals surface area contributed by atoms with Crippen LogP contribution < -0.4 is 31.1 Å². The highest BCUT2D eigenvalue weighted by Gasteiger charge is 2.63. The van der Waals surface area contributed by atoms with Crippen LogP contribution in [-0.2, 0) is 16.2 Å². The maximum atomic E-state index is 2.96. The lowest BCUT2D eigenvalue weighted by atomic mass is 9.32. The van der Waals surface area contributed by atoms with E-state index in [2.05, 4.69) is 217 Å². The topological polar surface area (TPSA) is 9.72 Å². The molecule has 3 nitrogen and oxygen atoms in total.